The van der Waals surface area contributed by atoms with E-state index in [-0.39, 0.29) is 30.2 Å². The number of carbonyl (C=O) groups excluding carboxylic acids is 3. The monoisotopic (exact) mass is 569 g/mol. The van der Waals surface area contributed by atoms with E-state index in [0.717, 1.165) is 63.0 Å². The molecule has 3 aliphatic rings. The average molecular weight is 570 g/mol. The summed E-state index contributed by atoms with van der Waals surface area (Å²) in [6.45, 7) is 10.5. The number of benzene rings is 1. The molecule has 5 rings (SSSR count). The summed E-state index contributed by atoms with van der Waals surface area (Å²) in [5.74, 6) is -0.184. The second-order valence-corrected chi connectivity index (χ2v) is 12.7. The van der Waals surface area contributed by atoms with Gasteiger partial charge in [-0.25, -0.2) is 9.59 Å². The van der Waals surface area contributed by atoms with Crippen molar-refractivity contribution in [1.82, 2.24) is 24.3 Å². The zero-order valence-corrected chi connectivity index (χ0v) is 24.7. The number of aryl methyl sites for hydroxylation is 1. The maximum atomic E-state index is 13.0. The van der Waals surface area contributed by atoms with Crippen molar-refractivity contribution in [1.29, 1.82) is 0 Å². The molecule has 41 heavy (non-hydrogen) atoms. The molecular weight excluding hydrogens is 526 g/mol. The Morgan fingerprint density at radius 3 is 2.34 bits per heavy atom. The van der Waals surface area contributed by atoms with Gasteiger partial charge in [0, 0.05) is 39.7 Å². The minimum Gasteiger partial charge on any atom is -0.444 e. The zero-order valence-electron chi connectivity index (χ0n) is 24.7. The molecule has 3 saturated heterocycles. The number of imide groups is 1. The molecule has 3 aliphatic heterocycles. The Labute approximate surface area is 240 Å². The quantitative estimate of drug-likeness (QED) is 0.532. The molecule has 3 amide bonds. The first-order valence-corrected chi connectivity index (χ1v) is 14.8. The normalized spacial score (nSPS) is 21.9. The van der Waals surface area contributed by atoms with Gasteiger partial charge in [-0.15, -0.1) is 0 Å². The summed E-state index contributed by atoms with van der Waals surface area (Å²) in [4.78, 5) is 53.6. The number of hydrogen-bond acceptors (Lipinski definition) is 7. The van der Waals surface area contributed by atoms with Gasteiger partial charge < -0.3 is 14.4 Å². The van der Waals surface area contributed by atoms with E-state index < -0.39 is 17.6 Å². The minimum atomic E-state index is -0.673. The predicted molar refractivity (Wildman–Crippen MR) is 153 cm³/mol. The number of piperidine rings is 3. The van der Waals surface area contributed by atoms with Crippen LogP contribution >= 0.6 is 0 Å². The van der Waals surface area contributed by atoms with Crippen molar-refractivity contribution in [3.63, 3.8) is 0 Å². The number of nitrogens with one attached hydrogen (secondary N) is 1. The molecule has 11 heteroatoms. The number of carbonyl (C=O) groups is 3. The lowest BCUT2D eigenvalue weighted by atomic mass is 9.97. The molecule has 0 saturated carbocycles. The number of hydrogen-bond donors (Lipinski definition) is 1. The number of nitrogens with zero attached hydrogens (tertiary/aromatic N) is 4. The van der Waals surface area contributed by atoms with E-state index in [1.165, 1.54) is 4.57 Å². The maximum Gasteiger partial charge on any atom is 0.410 e. The Morgan fingerprint density at radius 1 is 0.976 bits per heavy atom. The van der Waals surface area contributed by atoms with Crippen LogP contribution in [0.2, 0.25) is 0 Å². The van der Waals surface area contributed by atoms with Crippen molar-refractivity contribution >= 4 is 28.9 Å². The van der Waals surface area contributed by atoms with Crippen LogP contribution < -0.4 is 11.0 Å². The van der Waals surface area contributed by atoms with Crippen molar-refractivity contribution in [3.8, 4) is 0 Å². The van der Waals surface area contributed by atoms with Crippen LogP contribution in [0.4, 0.5) is 4.79 Å². The Bertz CT molecular complexity index is 1340. The highest BCUT2D eigenvalue weighted by molar-refractivity contribution is 6.00. The van der Waals surface area contributed by atoms with Crippen LogP contribution in [0.15, 0.2) is 23.0 Å². The third kappa shape index (κ3) is 6.83. The van der Waals surface area contributed by atoms with Gasteiger partial charge in [-0.2, -0.15) is 0 Å². The number of amides is 3. The number of aromatic nitrogens is 2. The van der Waals surface area contributed by atoms with Crippen LogP contribution in [0.5, 0.6) is 0 Å². The topological polar surface area (TPSA) is 115 Å². The van der Waals surface area contributed by atoms with Gasteiger partial charge in [0.05, 0.1) is 17.1 Å². The first kappa shape index (κ1) is 29.3. The summed E-state index contributed by atoms with van der Waals surface area (Å²) in [5, 5.41) is 2.36. The molecule has 11 nitrogen and oxygen atoms in total. The Kier molecular flexibility index (Phi) is 8.56. The maximum absolute atomic E-state index is 13.0. The van der Waals surface area contributed by atoms with Gasteiger partial charge >= 0.3 is 11.8 Å². The van der Waals surface area contributed by atoms with Crippen LogP contribution in [0.1, 0.15) is 70.9 Å². The van der Waals surface area contributed by atoms with E-state index in [2.05, 4.69) is 10.2 Å². The van der Waals surface area contributed by atoms with Gasteiger partial charge in [0.25, 0.3) is 0 Å². The molecular formula is C30H43N5O6. The van der Waals surface area contributed by atoms with E-state index in [1.807, 2.05) is 39.0 Å². The van der Waals surface area contributed by atoms with Crippen molar-refractivity contribution in [3.05, 3.63) is 34.2 Å². The molecule has 1 unspecified atom stereocenters. The highest BCUT2D eigenvalue weighted by Gasteiger charge is 2.32. The summed E-state index contributed by atoms with van der Waals surface area (Å²) in [5.41, 5.74) is 1.90. The van der Waals surface area contributed by atoms with E-state index in [4.69, 9.17) is 9.47 Å². The summed E-state index contributed by atoms with van der Waals surface area (Å²) < 4.78 is 14.9. The highest BCUT2D eigenvalue weighted by Crippen LogP contribution is 2.26. The van der Waals surface area contributed by atoms with Gasteiger partial charge in [0.2, 0.25) is 11.8 Å². The van der Waals surface area contributed by atoms with Crippen LogP contribution in [0, 0.1) is 5.92 Å². The molecule has 4 heterocycles. The molecule has 0 bridgehead atoms. The third-order valence-corrected chi connectivity index (χ3v) is 8.45. The lowest BCUT2D eigenvalue weighted by molar-refractivity contribution is -0.135. The molecule has 1 aromatic carbocycles. The number of imidazole rings is 1. The number of ether oxygens (including phenoxy) is 2. The van der Waals surface area contributed by atoms with E-state index in [9.17, 15) is 19.2 Å². The van der Waals surface area contributed by atoms with E-state index >= 15 is 0 Å². The van der Waals surface area contributed by atoms with Crippen LogP contribution in [0.3, 0.4) is 0 Å². The fraction of sp³-hybridized carbons (Fsp3) is 0.667. The molecule has 0 radical (unpaired) electrons. The van der Waals surface area contributed by atoms with Gasteiger partial charge in [-0.05, 0) is 89.6 Å². The lowest BCUT2D eigenvalue weighted by Gasteiger charge is -2.35. The second-order valence-electron chi connectivity index (χ2n) is 12.7. The van der Waals surface area contributed by atoms with E-state index in [0.29, 0.717) is 30.9 Å². The predicted octanol–water partition coefficient (Wildman–Crippen LogP) is 2.95. The summed E-state index contributed by atoms with van der Waals surface area (Å²) in [7, 11) is 1.73. The molecule has 3 fully saturated rings. The smallest absolute Gasteiger partial charge is 0.410 e. The molecule has 1 atom stereocenters. The summed E-state index contributed by atoms with van der Waals surface area (Å²) >= 11 is 0. The fourth-order valence-corrected chi connectivity index (χ4v) is 6.11. The van der Waals surface area contributed by atoms with Crippen LogP contribution in [-0.4, -0.2) is 81.3 Å². The molecule has 2 aromatic rings. The van der Waals surface area contributed by atoms with Crippen molar-refractivity contribution < 1.29 is 23.9 Å². The van der Waals surface area contributed by atoms with E-state index in [1.54, 1.807) is 16.5 Å². The number of rotatable bonds is 6. The van der Waals surface area contributed by atoms with Crippen LogP contribution in [0.25, 0.3) is 11.0 Å². The molecule has 0 spiro atoms. The third-order valence-electron chi connectivity index (χ3n) is 8.45. The average Bonchev–Trinajstić information content (AvgIpc) is 3.17. The summed E-state index contributed by atoms with van der Waals surface area (Å²) in [6.07, 6.45) is 4.34. The van der Waals surface area contributed by atoms with Gasteiger partial charge in [0.1, 0.15) is 11.6 Å². The lowest BCUT2D eigenvalue weighted by Crippen LogP contribution is -2.44. The Hall–Kier alpha value is -3.18. The zero-order chi connectivity index (χ0) is 29.3. The molecule has 1 N–H and O–H groups in total. The summed E-state index contributed by atoms with van der Waals surface area (Å²) in [6, 6.07) is 5.32. The highest BCUT2D eigenvalue weighted by atomic mass is 16.6. The molecule has 1 aromatic heterocycles. The van der Waals surface area contributed by atoms with Crippen molar-refractivity contribution in [2.75, 3.05) is 32.8 Å². The minimum absolute atomic E-state index is 0.192. The number of fused-ring (bicyclic) bond motifs is 1. The fourth-order valence-electron chi connectivity index (χ4n) is 6.11. The largest absolute Gasteiger partial charge is 0.444 e. The second kappa shape index (κ2) is 12.0. The molecule has 0 aliphatic carbocycles. The Balaban J connectivity index is 1.09. The van der Waals surface area contributed by atoms with Crippen LogP contribution in [-0.2, 0) is 32.7 Å². The van der Waals surface area contributed by atoms with Gasteiger partial charge in [0.15, 0.2) is 0 Å². The SMILES string of the molecule is Cn1c(=O)n(C2CCC(=O)NC2=O)c2ccc(CN3CCC(COC4CCN(C(=O)OC(C)(C)C)CC4)CC3)cc21. The first-order chi connectivity index (χ1) is 19.5. The molecule has 224 valence electrons. The standard InChI is InChI=1S/C30H43N5O6/c1-30(2,3)41-29(39)34-15-11-22(12-16-34)40-19-20-9-13-33(14-10-20)18-21-5-6-23-25(17-21)32(4)28(38)35(23)24-7-8-26(36)31-27(24)37/h5-6,17,20,22,24H,7-16,18-19H2,1-4H3,(H,31,36,37). The van der Waals surface area contributed by atoms with Gasteiger partial charge in [-0.3, -0.25) is 28.9 Å². The van der Waals surface area contributed by atoms with Crippen molar-refractivity contribution in [2.24, 2.45) is 13.0 Å². The Morgan fingerprint density at radius 2 is 1.68 bits per heavy atom. The first-order valence-electron chi connectivity index (χ1n) is 14.8. The van der Waals surface area contributed by atoms with Crippen molar-refractivity contribution in [2.45, 2.75) is 83.6 Å². The van der Waals surface area contributed by atoms with Gasteiger partial charge in [-0.1, -0.05) is 6.07 Å². The number of likely N-dealkylation sites (tertiary alicyclic amines) is 2.